The van der Waals surface area contributed by atoms with E-state index in [-0.39, 0.29) is 0 Å². The second-order valence-electron chi connectivity index (χ2n) is 1.32. The summed E-state index contributed by atoms with van der Waals surface area (Å²) in [6, 6.07) is 0. The van der Waals surface area contributed by atoms with Gasteiger partial charge in [0.2, 0.25) is 0 Å². The summed E-state index contributed by atoms with van der Waals surface area (Å²) in [6.07, 6.45) is 0. The van der Waals surface area contributed by atoms with Gasteiger partial charge in [-0.15, -0.1) is 0 Å². The maximum absolute atomic E-state index is 5.37. The van der Waals surface area contributed by atoms with Crippen LogP contribution in [0.5, 0.6) is 0 Å². The summed E-state index contributed by atoms with van der Waals surface area (Å²) in [7, 11) is 1.23. The zero-order valence-electron chi connectivity index (χ0n) is 4.93. The number of hydrogen-bond donors (Lipinski definition) is 1. The molecule has 2 nitrogen and oxygen atoms in total. The van der Waals surface area contributed by atoms with Gasteiger partial charge in [-0.3, -0.25) is 5.41 Å². The Balaban J connectivity index is 3.34. The van der Waals surface area contributed by atoms with E-state index in [0.29, 0.717) is 0 Å². The van der Waals surface area contributed by atoms with Gasteiger partial charge < -0.3 is 4.52 Å². The maximum atomic E-state index is 5.37. The minimum atomic E-state index is -0.443. The van der Waals surface area contributed by atoms with Crippen molar-refractivity contribution in [1.82, 2.24) is 0 Å². The van der Waals surface area contributed by atoms with Crippen molar-refractivity contribution >= 4 is 13.6 Å². The van der Waals surface area contributed by atoms with E-state index < -0.39 is 8.15 Å². The summed E-state index contributed by atoms with van der Waals surface area (Å²) in [5.41, 5.74) is 0.887. The van der Waals surface area contributed by atoms with Gasteiger partial charge in [0.1, 0.15) is 8.15 Å². The second kappa shape index (κ2) is 3.11. The largest absolute Gasteiger partial charge is 0.352 e. The predicted octanol–water partition coefficient (Wildman–Crippen LogP) is -0.163. The predicted molar refractivity (Wildman–Crippen MR) is 32.5 cm³/mol. The van der Waals surface area contributed by atoms with Gasteiger partial charge in [-0.2, -0.15) is 0 Å². The summed E-state index contributed by atoms with van der Waals surface area (Å²) in [5.74, 6) is 0. The Kier molecular flexibility index (Phi) is 3.14. The smallest absolute Gasteiger partial charge is 0.193 e. The van der Waals surface area contributed by atoms with E-state index in [1.807, 2.05) is 13.6 Å². The van der Waals surface area contributed by atoms with Gasteiger partial charge in [-0.1, -0.05) is 0 Å². The van der Waals surface area contributed by atoms with E-state index in [0.717, 1.165) is 5.45 Å². The Morgan fingerprint density at radius 2 is 2.14 bits per heavy atom. The van der Waals surface area contributed by atoms with Crippen molar-refractivity contribution in [2.75, 3.05) is 13.8 Å². The zero-order chi connectivity index (χ0) is 5.86. The Labute approximate surface area is 45.2 Å². The van der Waals surface area contributed by atoms with Crippen LogP contribution in [-0.2, 0) is 4.52 Å². The fraction of sp³-hybridized carbons (Fsp3) is 0.750. The normalized spacial score (nSPS) is 13.6. The van der Waals surface area contributed by atoms with Crippen molar-refractivity contribution in [1.29, 1.82) is 0 Å². The highest BCUT2D eigenvalue weighted by Crippen LogP contribution is 2.28. The van der Waals surface area contributed by atoms with E-state index in [4.69, 9.17) is 9.93 Å². The van der Waals surface area contributed by atoms with E-state index in [2.05, 4.69) is 0 Å². The summed E-state index contributed by atoms with van der Waals surface area (Å²) < 4.78 is 4.91. The van der Waals surface area contributed by atoms with Gasteiger partial charge in [-0.05, 0) is 6.66 Å². The molecule has 7 heavy (non-hydrogen) atoms. The minimum absolute atomic E-state index is 0.443. The lowest BCUT2D eigenvalue weighted by molar-refractivity contribution is -0.110. The summed E-state index contributed by atoms with van der Waals surface area (Å²) in [5, 5.41) is 5.37. The van der Waals surface area contributed by atoms with Crippen molar-refractivity contribution < 1.29 is 9.93 Å². The number of rotatable bonds is 2. The van der Waals surface area contributed by atoms with Gasteiger partial charge >= 0.3 is 0 Å². The standard InChI is InChI=1S/C4H10NOP/c1-4(5)7(3)6-2/h5H,1-3H3/p+1. The highest BCUT2D eigenvalue weighted by Gasteiger charge is 2.03. The molecule has 0 radical (unpaired) electrons. The summed E-state index contributed by atoms with van der Waals surface area (Å²) >= 11 is 0. The first-order valence-corrected chi connectivity index (χ1v) is 3.76. The van der Waals surface area contributed by atoms with Crippen LogP contribution >= 0.6 is 8.15 Å². The van der Waals surface area contributed by atoms with Crippen molar-refractivity contribution in [3.63, 3.8) is 0 Å². The maximum Gasteiger partial charge on any atom is 0.193 e. The number of nitrogens with two attached hydrogens (primary N) is 1. The van der Waals surface area contributed by atoms with E-state index in [1.165, 1.54) is 0 Å². The summed E-state index contributed by atoms with van der Waals surface area (Å²) in [4.78, 5) is 0. The molecule has 0 heterocycles. The van der Waals surface area contributed by atoms with Crippen LogP contribution in [-0.4, -0.2) is 19.2 Å². The van der Waals surface area contributed by atoms with Crippen LogP contribution in [0.25, 0.3) is 0 Å². The molecule has 0 saturated heterocycles. The fourth-order valence-electron chi connectivity index (χ4n) is 0.144. The highest BCUT2D eigenvalue weighted by atomic mass is 31.1. The summed E-state index contributed by atoms with van der Waals surface area (Å²) in [6.45, 7) is 3.85. The van der Waals surface area contributed by atoms with Crippen LogP contribution in [0.15, 0.2) is 0 Å². The van der Waals surface area contributed by atoms with E-state index >= 15 is 0 Å². The lowest BCUT2D eigenvalue weighted by Gasteiger charge is -1.98. The van der Waals surface area contributed by atoms with Crippen LogP contribution in [0, 0.1) is 0 Å². The lowest BCUT2D eigenvalue weighted by atomic mass is 10.9. The topological polar surface area (TPSA) is 34.8 Å². The van der Waals surface area contributed by atoms with Crippen molar-refractivity contribution in [2.24, 2.45) is 0 Å². The van der Waals surface area contributed by atoms with Gasteiger partial charge in [0.05, 0.1) is 0 Å². The number of hydrogen-bond acceptors (Lipinski definition) is 1. The molecule has 0 aliphatic rings. The molecule has 0 aromatic heterocycles. The van der Waals surface area contributed by atoms with E-state index in [9.17, 15) is 0 Å². The van der Waals surface area contributed by atoms with Crippen molar-refractivity contribution in [3.8, 4) is 0 Å². The second-order valence-corrected chi connectivity index (χ2v) is 3.39. The molecular weight excluding hydrogens is 109 g/mol. The average molecular weight is 120 g/mol. The monoisotopic (exact) mass is 120 g/mol. The molecule has 0 bridgehead atoms. The van der Waals surface area contributed by atoms with Gasteiger partial charge in [0.15, 0.2) is 5.45 Å². The van der Waals surface area contributed by atoms with Crippen molar-refractivity contribution in [2.45, 2.75) is 6.92 Å². The minimum Gasteiger partial charge on any atom is -0.352 e. The molecule has 0 aliphatic carbocycles. The van der Waals surface area contributed by atoms with Crippen molar-refractivity contribution in [3.05, 3.63) is 0 Å². The first-order chi connectivity index (χ1) is 3.18. The Hall–Kier alpha value is 0.0600. The molecule has 3 heteroatoms. The third kappa shape index (κ3) is 2.72. The van der Waals surface area contributed by atoms with Gasteiger partial charge in [0.25, 0.3) is 0 Å². The quantitative estimate of drug-likeness (QED) is 0.398. The molecule has 2 N–H and O–H groups in total. The first-order valence-electron chi connectivity index (χ1n) is 2.05. The lowest BCUT2D eigenvalue weighted by Crippen LogP contribution is -2.36. The van der Waals surface area contributed by atoms with Crippen LogP contribution in [0.4, 0.5) is 0 Å². The third-order valence-electron chi connectivity index (χ3n) is 0.771. The molecule has 0 amide bonds. The third-order valence-corrected chi connectivity index (χ3v) is 2.31. The molecule has 0 fully saturated rings. The van der Waals surface area contributed by atoms with Gasteiger partial charge in [0, 0.05) is 14.0 Å². The van der Waals surface area contributed by atoms with Crippen LogP contribution in [0.1, 0.15) is 6.92 Å². The molecule has 0 spiro atoms. The zero-order valence-corrected chi connectivity index (χ0v) is 5.83. The average Bonchev–Trinajstić information content (AvgIpc) is 1.65. The Bertz CT molecular complexity index is 74.1. The van der Waals surface area contributed by atoms with Crippen LogP contribution in [0.2, 0.25) is 0 Å². The van der Waals surface area contributed by atoms with Crippen LogP contribution in [0.3, 0.4) is 0 Å². The highest BCUT2D eigenvalue weighted by molar-refractivity contribution is 7.69. The molecule has 1 unspecified atom stereocenters. The Morgan fingerprint density at radius 1 is 1.71 bits per heavy atom. The Morgan fingerprint density at radius 3 is 2.14 bits per heavy atom. The molecule has 1 atom stereocenters. The fourth-order valence-corrected chi connectivity index (χ4v) is 0.432. The molecule has 0 aromatic rings. The molecule has 0 aliphatic heterocycles. The van der Waals surface area contributed by atoms with Crippen LogP contribution < -0.4 is 5.41 Å². The molecule has 0 rings (SSSR count). The first kappa shape index (κ1) is 7.06. The van der Waals surface area contributed by atoms with Gasteiger partial charge in [-0.25, -0.2) is 0 Å². The SMILES string of the molecule is COP(C)C(C)=[NH2+]. The molecule has 0 aromatic carbocycles. The molecule has 0 saturated carbocycles. The molecular formula is C4H11NOP+. The molecule has 42 valence electrons. The van der Waals surface area contributed by atoms with E-state index in [1.54, 1.807) is 7.11 Å².